The molecule has 1 unspecified atom stereocenters. The molecule has 0 aromatic heterocycles. The van der Waals surface area contributed by atoms with Gasteiger partial charge in [-0.3, -0.25) is 0 Å². The van der Waals surface area contributed by atoms with Gasteiger partial charge in [0.2, 0.25) is 0 Å². The quantitative estimate of drug-likeness (QED) is 0.781. The second-order valence-corrected chi connectivity index (χ2v) is 7.02. The smallest absolute Gasteiger partial charge is 0.132 e. The summed E-state index contributed by atoms with van der Waals surface area (Å²) in [6.45, 7) is 2.87. The van der Waals surface area contributed by atoms with E-state index in [0.717, 1.165) is 6.07 Å². The molecule has 0 bridgehead atoms. The predicted molar refractivity (Wildman–Crippen MR) is 93.7 cm³/mol. The first-order valence-electron chi connectivity index (χ1n) is 8.66. The van der Waals surface area contributed by atoms with E-state index in [9.17, 15) is 24.1 Å². The Morgan fingerprint density at radius 1 is 1.15 bits per heavy atom. The molecule has 3 N–H and O–H groups in total. The van der Waals surface area contributed by atoms with Crippen molar-refractivity contribution in [2.45, 2.75) is 31.5 Å². The first kappa shape index (κ1) is 18.8. The minimum atomic E-state index is -1.09. The number of phenols is 1. The Hall–Kier alpha value is -2.02. The van der Waals surface area contributed by atoms with Crippen LogP contribution in [-0.4, -0.2) is 39.9 Å². The number of likely N-dealkylation sites (tertiary alicyclic amines) is 1. The normalized spacial score (nSPS) is 18.7. The first-order valence-corrected chi connectivity index (χ1v) is 8.66. The number of β-amino-alcohol motifs (C(OH)–C–C–N with tert-alkyl or cyclic N) is 1. The number of benzene rings is 2. The van der Waals surface area contributed by atoms with Crippen LogP contribution in [0.2, 0.25) is 0 Å². The lowest BCUT2D eigenvalue weighted by Crippen LogP contribution is -2.44. The second kappa shape index (κ2) is 7.31. The van der Waals surface area contributed by atoms with E-state index in [1.165, 1.54) is 18.2 Å². The number of aryl methyl sites for hydroxylation is 1. The molecule has 1 aliphatic heterocycles. The van der Waals surface area contributed by atoms with Crippen molar-refractivity contribution in [3.8, 4) is 5.75 Å². The van der Waals surface area contributed by atoms with Gasteiger partial charge in [-0.25, -0.2) is 8.78 Å². The molecule has 3 rings (SSSR count). The molecule has 1 atom stereocenters. The van der Waals surface area contributed by atoms with Gasteiger partial charge in [-0.2, -0.15) is 0 Å². The number of rotatable bonds is 4. The number of aliphatic hydroxyl groups excluding tert-OH is 1. The molecule has 0 radical (unpaired) electrons. The molecule has 6 heteroatoms. The highest BCUT2D eigenvalue weighted by molar-refractivity contribution is 5.37. The van der Waals surface area contributed by atoms with Crippen molar-refractivity contribution >= 4 is 0 Å². The lowest BCUT2D eigenvalue weighted by molar-refractivity contribution is -0.0348. The van der Waals surface area contributed by atoms with Crippen LogP contribution in [0.4, 0.5) is 8.78 Å². The summed E-state index contributed by atoms with van der Waals surface area (Å²) in [4.78, 5) is 1.94. The highest BCUT2D eigenvalue weighted by atomic mass is 19.1. The van der Waals surface area contributed by atoms with Crippen molar-refractivity contribution in [2.24, 2.45) is 0 Å². The first-order chi connectivity index (χ1) is 12.3. The lowest BCUT2D eigenvalue weighted by atomic mass is 9.84. The van der Waals surface area contributed by atoms with Crippen molar-refractivity contribution in [3.05, 3.63) is 64.7 Å². The van der Waals surface area contributed by atoms with Crippen LogP contribution in [0.5, 0.6) is 5.75 Å². The van der Waals surface area contributed by atoms with Gasteiger partial charge >= 0.3 is 0 Å². The number of hydrogen-bond donors (Lipinski definition) is 3. The van der Waals surface area contributed by atoms with Crippen LogP contribution >= 0.6 is 0 Å². The molecule has 2 aromatic carbocycles. The van der Waals surface area contributed by atoms with E-state index >= 15 is 0 Å². The summed E-state index contributed by atoms with van der Waals surface area (Å²) >= 11 is 0. The SMILES string of the molecule is Cc1cc(C(O)CN2CCC(O)(c3cccc(F)c3)CC2)c(F)cc1O. The summed E-state index contributed by atoms with van der Waals surface area (Å²) in [5, 5.41) is 30.7. The second-order valence-electron chi connectivity index (χ2n) is 7.02. The fourth-order valence-corrected chi connectivity index (χ4v) is 3.46. The summed E-state index contributed by atoms with van der Waals surface area (Å²) in [7, 11) is 0. The van der Waals surface area contributed by atoms with Crippen molar-refractivity contribution in [3.63, 3.8) is 0 Å². The number of aromatic hydroxyl groups is 1. The average molecular weight is 363 g/mol. The van der Waals surface area contributed by atoms with E-state index in [-0.39, 0.29) is 23.7 Å². The third kappa shape index (κ3) is 3.87. The van der Waals surface area contributed by atoms with Gasteiger partial charge in [0.1, 0.15) is 17.4 Å². The van der Waals surface area contributed by atoms with E-state index in [0.29, 0.717) is 37.1 Å². The van der Waals surface area contributed by atoms with Crippen LogP contribution in [0.3, 0.4) is 0 Å². The average Bonchev–Trinajstić information content (AvgIpc) is 2.60. The molecule has 2 aromatic rings. The van der Waals surface area contributed by atoms with Crippen LogP contribution in [0, 0.1) is 18.6 Å². The third-order valence-electron chi connectivity index (χ3n) is 5.15. The van der Waals surface area contributed by atoms with Crippen LogP contribution in [0.1, 0.15) is 35.6 Å². The Balaban J connectivity index is 1.64. The van der Waals surface area contributed by atoms with E-state index in [1.807, 2.05) is 4.90 Å². The number of piperidine rings is 1. The molecule has 0 aliphatic carbocycles. The van der Waals surface area contributed by atoms with Crippen molar-refractivity contribution in [1.82, 2.24) is 4.90 Å². The van der Waals surface area contributed by atoms with Gasteiger partial charge in [0, 0.05) is 31.3 Å². The summed E-state index contributed by atoms with van der Waals surface area (Å²) in [5.41, 5.74) is 0.105. The zero-order valence-corrected chi connectivity index (χ0v) is 14.6. The van der Waals surface area contributed by atoms with Crippen molar-refractivity contribution in [1.29, 1.82) is 0 Å². The Labute approximate surface area is 151 Å². The topological polar surface area (TPSA) is 63.9 Å². The summed E-state index contributed by atoms with van der Waals surface area (Å²) in [6, 6.07) is 8.43. The van der Waals surface area contributed by atoms with Gasteiger partial charge in [0.15, 0.2) is 0 Å². The Morgan fingerprint density at radius 3 is 2.50 bits per heavy atom. The fraction of sp³-hybridized carbons (Fsp3) is 0.400. The molecule has 4 nitrogen and oxygen atoms in total. The highest BCUT2D eigenvalue weighted by Gasteiger charge is 2.34. The van der Waals surface area contributed by atoms with Crippen LogP contribution < -0.4 is 0 Å². The van der Waals surface area contributed by atoms with E-state index in [2.05, 4.69) is 0 Å². The largest absolute Gasteiger partial charge is 0.508 e. The zero-order valence-electron chi connectivity index (χ0n) is 14.6. The van der Waals surface area contributed by atoms with Crippen LogP contribution in [0.25, 0.3) is 0 Å². The fourth-order valence-electron chi connectivity index (χ4n) is 3.46. The summed E-state index contributed by atoms with van der Waals surface area (Å²) in [6.07, 6.45) is -0.227. The number of halogens is 2. The minimum Gasteiger partial charge on any atom is -0.508 e. The molecular formula is C20H23F2NO3. The number of nitrogens with zero attached hydrogens (tertiary/aromatic N) is 1. The van der Waals surface area contributed by atoms with E-state index in [4.69, 9.17) is 0 Å². The molecule has 140 valence electrons. The van der Waals surface area contributed by atoms with E-state index in [1.54, 1.807) is 19.1 Å². The van der Waals surface area contributed by atoms with Crippen molar-refractivity contribution in [2.75, 3.05) is 19.6 Å². The monoisotopic (exact) mass is 363 g/mol. The van der Waals surface area contributed by atoms with Gasteiger partial charge < -0.3 is 20.2 Å². The Morgan fingerprint density at radius 2 is 1.85 bits per heavy atom. The lowest BCUT2D eigenvalue weighted by Gasteiger charge is -2.39. The number of hydrogen-bond acceptors (Lipinski definition) is 4. The minimum absolute atomic E-state index is 0.142. The van der Waals surface area contributed by atoms with Gasteiger partial charge in [-0.1, -0.05) is 12.1 Å². The maximum Gasteiger partial charge on any atom is 0.132 e. The molecule has 0 spiro atoms. The predicted octanol–water partition coefficient (Wildman–Crippen LogP) is 3.00. The Kier molecular flexibility index (Phi) is 5.27. The van der Waals surface area contributed by atoms with Gasteiger partial charge in [0.05, 0.1) is 11.7 Å². The van der Waals surface area contributed by atoms with Gasteiger partial charge in [0.25, 0.3) is 0 Å². The van der Waals surface area contributed by atoms with Gasteiger partial charge in [-0.15, -0.1) is 0 Å². The Bertz CT molecular complexity index is 789. The summed E-state index contributed by atoms with van der Waals surface area (Å²) in [5.74, 6) is -1.17. The summed E-state index contributed by atoms with van der Waals surface area (Å²) < 4.78 is 27.4. The molecule has 0 saturated carbocycles. The molecular weight excluding hydrogens is 340 g/mol. The standard InChI is InChI=1S/C20H23F2NO3/c1-13-9-16(17(22)11-18(13)24)19(25)12-23-7-5-20(26,6-8-23)14-3-2-4-15(21)10-14/h2-4,9-11,19,24-26H,5-8,12H2,1H3. The number of aliphatic hydroxyl groups is 2. The molecule has 1 aliphatic rings. The van der Waals surface area contributed by atoms with E-state index < -0.39 is 17.5 Å². The van der Waals surface area contributed by atoms with Crippen LogP contribution in [0.15, 0.2) is 36.4 Å². The van der Waals surface area contributed by atoms with Crippen LogP contribution in [-0.2, 0) is 5.60 Å². The highest BCUT2D eigenvalue weighted by Crippen LogP contribution is 2.34. The number of phenolic OH excluding ortho intramolecular Hbond substituents is 1. The van der Waals surface area contributed by atoms with Crippen molar-refractivity contribution < 1.29 is 24.1 Å². The maximum absolute atomic E-state index is 14.0. The molecule has 1 fully saturated rings. The molecule has 0 amide bonds. The van der Waals surface area contributed by atoms with Gasteiger partial charge in [-0.05, 0) is 49.1 Å². The molecule has 26 heavy (non-hydrogen) atoms. The maximum atomic E-state index is 14.0. The third-order valence-corrected chi connectivity index (χ3v) is 5.15. The molecule has 1 saturated heterocycles. The zero-order chi connectivity index (χ0) is 18.9. The molecule has 1 heterocycles.